The van der Waals surface area contributed by atoms with Crippen LogP contribution < -0.4 is 5.73 Å². The molecule has 21 heavy (non-hydrogen) atoms. The summed E-state index contributed by atoms with van der Waals surface area (Å²) in [7, 11) is 0. The molecule has 0 saturated heterocycles. The number of furan rings is 1. The molecule has 0 fully saturated rings. The van der Waals surface area contributed by atoms with E-state index in [4.69, 9.17) is 14.9 Å². The van der Waals surface area contributed by atoms with E-state index < -0.39 is 0 Å². The maximum absolute atomic E-state index is 6.40. The molecule has 3 heteroatoms. The van der Waals surface area contributed by atoms with Crippen molar-refractivity contribution in [3.8, 4) is 0 Å². The Morgan fingerprint density at radius 2 is 2.14 bits per heavy atom. The first kappa shape index (κ1) is 14.4. The van der Waals surface area contributed by atoms with Crippen molar-refractivity contribution in [1.29, 1.82) is 0 Å². The third-order valence-electron chi connectivity index (χ3n) is 4.31. The largest absolute Gasteiger partial charge is 0.467 e. The highest BCUT2D eigenvalue weighted by molar-refractivity contribution is 5.31. The van der Waals surface area contributed by atoms with Gasteiger partial charge in [-0.3, -0.25) is 0 Å². The van der Waals surface area contributed by atoms with Crippen molar-refractivity contribution < 1.29 is 9.15 Å². The first-order chi connectivity index (χ1) is 10.3. The zero-order valence-corrected chi connectivity index (χ0v) is 12.5. The van der Waals surface area contributed by atoms with Crippen LogP contribution in [0.1, 0.15) is 55.3 Å². The molecule has 1 heterocycles. The number of nitrogens with two attached hydrogens (primary N) is 1. The highest BCUT2D eigenvalue weighted by atomic mass is 16.5. The zero-order chi connectivity index (χ0) is 14.7. The molecule has 3 unspecified atom stereocenters. The third kappa shape index (κ3) is 3.04. The lowest BCUT2D eigenvalue weighted by molar-refractivity contribution is -0.0472. The molecule has 0 saturated carbocycles. The average Bonchev–Trinajstić information content (AvgIpc) is 3.06. The van der Waals surface area contributed by atoms with Crippen LogP contribution in [0, 0.1) is 0 Å². The maximum atomic E-state index is 6.40. The second-order valence-corrected chi connectivity index (χ2v) is 5.72. The molecule has 0 amide bonds. The normalized spacial score (nSPS) is 20.8. The highest BCUT2D eigenvalue weighted by Crippen LogP contribution is 2.37. The summed E-state index contributed by atoms with van der Waals surface area (Å²) in [5, 5.41) is 0. The summed E-state index contributed by atoms with van der Waals surface area (Å²) in [5.41, 5.74) is 8.97. The van der Waals surface area contributed by atoms with Gasteiger partial charge < -0.3 is 14.9 Å². The van der Waals surface area contributed by atoms with Crippen molar-refractivity contribution >= 4 is 0 Å². The minimum absolute atomic E-state index is 0.0507. The van der Waals surface area contributed by atoms with E-state index in [1.807, 2.05) is 12.1 Å². The van der Waals surface area contributed by atoms with Crippen LogP contribution in [0.5, 0.6) is 0 Å². The van der Waals surface area contributed by atoms with Gasteiger partial charge in [0, 0.05) is 6.04 Å². The lowest BCUT2D eigenvalue weighted by Crippen LogP contribution is -2.31. The lowest BCUT2D eigenvalue weighted by Gasteiger charge is -2.31. The summed E-state index contributed by atoms with van der Waals surface area (Å²) in [5.74, 6) is 0.826. The van der Waals surface area contributed by atoms with Crippen molar-refractivity contribution in [2.75, 3.05) is 0 Å². The Balaban J connectivity index is 1.84. The Bertz CT molecular complexity index is 564. The van der Waals surface area contributed by atoms with Gasteiger partial charge in [-0.1, -0.05) is 31.2 Å². The monoisotopic (exact) mass is 285 g/mol. The van der Waals surface area contributed by atoms with Gasteiger partial charge in [-0.15, -0.1) is 0 Å². The number of hydrogen-bond donors (Lipinski definition) is 1. The van der Waals surface area contributed by atoms with Gasteiger partial charge in [-0.25, -0.2) is 0 Å². The molecule has 3 atom stereocenters. The summed E-state index contributed by atoms with van der Waals surface area (Å²) >= 11 is 0. The van der Waals surface area contributed by atoms with Crippen LogP contribution >= 0.6 is 0 Å². The Kier molecular flexibility index (Phi) is 4.42. The minimum Gasteiger partial charge on any atom is -0.467 e. The fraction of sp³-hybridized carbons (Fsp3) is 0.444. The van der Waals surface area contributed by atoms with Crippen molar-refractivity contribution in [3.63, 3.8) is 0 Å². The molecule has 3 rings (SSSR count). The molecule has 1 aromatic heterocycles. The third-order valence-corrected chi connectivity index (χ3v) is 4.31. The molecule has 2 N–H and O–H groups in total. The number of benzene rings is 1. The van der Waals surface area contributed by atoms with E-state index in [-0.39, 0.29) is 18.2 Å². The van der Waals surface area contributed by atoms with Crippen molar-refractivity contribution in [3.05, 3.63) is 59.5 Å². The fourth-order valence-electron chi connectivity index (χ4n) is 3.07. The number of fused-ring (bicyclic) bond motifs is 1. The van der Waals surface area contributed by atoms with E-state index in [0.717, 1.165) is 31.4 Å². The van der Waals surface area contributed by atoms with E-state index >= 15 is 0 Å². The molecule has 0 spiro atoms. The number of rotatable bonds is 5. The summed E-state index contributed by atoms with van der Waals surface area (Å²) in [4.78, 5) is 0. The van der Waals surface area contributed by atoms with Crippen LogP contribution in [0.2, 0.25) is 0 Å². The molecular weight excluding hydrogens is 262 g/mol. The van der Waals surface area contributed by atoms with Crippen molar-refractivity contribution in [2.45, 2.75) is 50.9 Å². The zero-order valence-electron chi connectivity index (χ0n) is 12.5. The number of hydrogen-bond acceptors (Lipinski definition) is 3. The van der Waals surface area contributed by atoms with E-state index in [0.29, 0.717) is 0 Å². The summed E-state index contributed by atoms with van der Waals surface area (Å²) < 4.78 is 11.9. The Labute approximate surface area is 126 Å². The second-order valence-electron chi connectivity index (χ2n) is 5.72. The van der Waals surface area contributed by atoms with Crippen LogP contribution in [0.15, 0.2) is 47.1 Å². The Morgan fingerprint density at radius 1 is 1.29 bits per heavy atom. The van der Waals surface area contributed by atoms with Crippen LogP contribution in [0.25, 0.3) is 0 Å². The van der Waals surface area contributed by atoms with Gasteiger partial charge in [0.1, 0.15) is 11.9 Å². The van der Waals surface area contributed by atoms with E-state index in [1.165, 1.54) is 11.1 Å². The van der Waals surface area contributed by atoms with Gasteiger partial charge in [0.25, 0.3) is 0 Å². The molecule has 0 radical (unpaired) electrons. The van der Waals surface area contributed by atoms with Crippen LogP contribution in [0.4, 0.5) is 0 Å². The summed E-state index contributed by atoms with van der Waals surface area (Å²) in [6, 6.07) is 12.4. The van der Waals surface area contributed by atoms with Gasteiger partial charge in [-0.2, -0.15) is 0 Å². The standard InChI is InChI=1S/C18H23NO2/c1-2-15(19)18(17-11-6-12-20-17)21-16-10-5-8-13-7-3-4-9-14(13)16/h3-4,6-7,9,11-12,15-16,18H,2,5,8,10,19H2,1H3. The van der Waals surface area contributed by atoms with Gasteiger partial charge in [0.15, 0.2) is 0 Å². The summed E-state index contributed by atoms with van der Waals surface area (Å²) in [6.45, 7) is 2.08. The molecule has 3 nitrogen and oxygen atoms in total. The van der Waals surface area contributed by atoms with Gasteiger partial charge in [0.2, 0.25) is 0 Å². The molecular formula is C18H23NO2. The average molecular weight is 285 g/mol. The molecule has 0 aliphatic heterocycles. The van der Waals surface area contributed by atoms with Gasteiger partial charge >= 0.3 is 0 Å². The molecule has 0 bridgehead atoms. The first-order valence-electron chi connectivity index (χ1n) is 7.82. The Morgan fingerprint density at radius 3 is 2.90 bits per heavy atom. The van der Waals surface area contributed by atoms with E-state index in [1.54, 1.807) is 6.26 Å². The predicted molar refractivity (Wildman–Crippen MR) is 82.9 cm³/mol. The van der Waals surface area contributed by atoms with Crippen molar-refractivity contribution in [2.24, 2.45) is 5.73 Å². The lowest BCUT2D eigenvalue weighted by atomic mass is 9.89. The van der Waals surface area contributed by atoms with Gasteiger partial charge in [-0.05, 0) is 48.9 Å². The second kappa shape index (κ2) is 6.46. The summed E-state index contributed by atoms with van der Waals surface area (Å²) in [6.07, 6.45) is 5.83. The first-order valence-corrected chi connectivity index (χ1v) is 7.82. The highest BCUT2D eigenvalue weighted by Gasteiger charge is 2.29. The Hall–Kier alpha value is -1.58. The molecule has 112 valence electrons. The van der Waals surface area contributed by atoms with Crippen LogP contribution in [-0.4, -0.2) is 6.04 Å². The van der Waals surface area contributed by atoms with E-state index in [9.17, 15) is 0 Å². The topological polar surface area (TPSA) is 48.4 Å². The molecule has 1 aliphatic carbocycles. The molecule has 2 aromatic rings. The van der Waals surface area contributed by atoms with Gasteiger partial charge in [0.05, 0.1) is 12.4 Å². The number of aryl methyl sites for hydroxylation is 1. The van der Waals surface area contributed by atoms with Crippen LogP contribution in [0.3, 0.4) is 0 Å². The maximum Gasteiger partial charge on any atom is 0.134 e. The molecule has 1 aromatic carbocycles. The minimum atomic E-state index is -0.179. The fourth-order valence-corrected chi connectivity index (χ4v) is 3.07. The smallest absolute Gasteiger partial charge is 0.134 e. The van der Waals surface area contributed by atoms with Crippen molar-refractivity contribution in [1.82, 2.24) is 0 Å². The quantitative estimate of drug-likeness (QED) is 0.897. The van der Waals surface area contributed by atoms with Crippen LogP contribution in [-0.2, 0) is 11.2 Å². The predicted octanol–water partition coefficient (Wildman–Crippen LogP) is 4.15. The number of ether oxygens (including phenoxy) is 1. The molecule has 1 aliphatic rings. The van der Waals surface area contributed by atoms with E-state index in [2.05, 4.69) is 31.2 Å². The SMILES string of the molecule is CCC(N)C(OC1CCCc2ccccc21)c1ccco1.